The Bertz CT molecular complexity index is 1650. The van der Waals surface area contributed by atoms with Crippen LogP contribution in [0.2, 0.25) is 5.02 Å². The molecule has 0 saturated carbocycles. The first kappa shape index (κ1) is 25.0. The van der Waals surface area contributed by atoms with Crippen LogP contribution in [0.3, 0.4) is 0 Å². The van der Waals surface area contributed by atoms with Gasteiger partial charge in [0, 0.05) is 49.0 Å². The average molecular weight is 547 g/mol. The second kappa shape index (κ2) is 10.1. The van der Waals surface area contributed by atoms with Crippen LogP contribution in [0.25, 0.3) is 33.5 Å². The third-order valence-corrected chi connectivity index (χ3v) is 7.19. The molecular weight excluding hydrogens is 523 g/mol. The van der Waals surface area contributed by atoms with Crippen LogP contribution in [-0.2, 0) is 7.05 Å². The van der Waals surface area contributed by atoms with E-state index in [1.807, 2.05) is 36.3 Å². The van der Waals surface area contributed by atoms with Crippen molar-refractivity contribution >= 4 is 34.4 Å². The van der Waals surface area contributed by atoms with E-state index < -0.39 is 23.9 Å². The third-order valence-electron chi connectivity index (χ3n) is 6.88. The van der Waals surface area contributed by atoms with E-state index in [9.17, 15) is 14.3 Å². The minimum atomic E-state index is -0.873. The summed E-state index contributed by atoms with van der Waals surface area (Å²) < 4.78 is 15.9. The average Bonchev–Trinajstić information content (AvgIpc) is 3.56. The zero-order valence-electron chi connectivity index (χ0n) is 20.8. The van der Waals surface area contributed by atoms with Gasteiger partial charge in [0.1, 0.15) is 23.6 Å². The fourth-order valence-electron chi connectivity index (χ4n) is 4.86. The van der Waals surface area contributed by atoms with Gasteiger partial charge in [-0.25, -0.2) is 19.3 Å². The van der Waals surface area contributed by atoms with E-state index in [0.717, 1.165) is 27.9 Å². The number of aryl methyl sites for hydroxylation is 1. The molecule has 5 heterocycles. The summed E-state index contributed by atoms with van der Waals surface area (Å²) in [5, 5.41) is 18.6. The number of piperidine rings is 1. The van der Waals surface area contributed by atoms with Gasteiger partial charge in [-0.3, -0.25) is 9.48 Å². The van der Waals surface area contributed by atoms with E-state index in [-0.39, 0.29) is 17.1 Å². The smallest absolute Gasteiger partial charge is 0.256 e. The number of aromatic amines is 1. The topological polar surface area (TPSA) is 125 Å². The Hall–Kier alpha value is -4.35. The Morgan fingerprint density at radius 2 is 2.05 bits per heavy atom. The first-order valence-corrected chi connectivity index (χ1v) is 12.7. The molecule has 5 aromatic rings. The van der Waals surface area contributed by atoms with Gasteiger partial charge in [-0.2, -0.15) is 5.10 Å². The fourth-order valence-corrected chi connectivity index (χ4v) is 5.11. The molecule has 39 heavy (non-hydrogen) atoms. The van der Waals surface area contributed by atoms with Gasteiger partial charge in [0.2, 0.25) is 0 Å². The second-order valence-corrected chi connectivity index (χ2v) is 9.86. The van der Waals surface area contributed by atoms with Crippen molar-refractivity contribution in [1.82, 2.24) is 35.0 Å². The van der Waals surface area contributed by atoms with Gasteiger partial charge in [-0.05, 0) is 36.8 Å². The number of amides is 1. The molecule has 198 valence electrons. The number of anilines is 1. The number of carbonyl (C=O) groups is 1. The Kier molecular flexibility index (Phi) is 6.45. The number of hydrogen-bond donors (Lipinski definition) is 3. The molecule has 1 aromatic carbocycles. The van der Waals surface area contributed by atoms with E-state index in [0.29, 0.717) is 24.4 Å². The van der Waals surface area contributed by atoms with Gasteiger partial charge in [0.15, 0.2) is 0 Å². The molecule has 0 aliphatic carbocycles. The van der Waals surface area contributed by atoms with Crippen molar-refractivity contribution in [3.05, 3.63) is 77.7 Å². The van der Waals surface area contributed by atoms with Gasteiger partial charge in [0.05, 0.1) is 40.3 Å². The highest BCUT2D eigenvalue weighted by Gasteiger charge is 2.31. The van der Waals surface area contributed by atoms with Crippen LogP contribution in [0.4, 0.5) is 10.2 Å². The number of nitrogens with one attached hydrogen (secondary N) is 2. The number of fused-ring (bicyclic) bond motifs is 1. The highest BCUT2D eigenvalue weighted by atomic mass is 35.5. The first-order valence-electron chi connectivity index (χ1n) is 12.3. The quantitative estimate of drug-likeness (QED) is 0.308. The van der Waals surface area contributed by atoms with Crippen LogP contribution in [0.5, 0.6) is 0 Å². The zero-order chi connectivity index (χ0) is 27.1. The molecule has 3 N–H and O–H groups in total. The molecule has 0 bridgehead atoms. The predicted octanol–water partition coefficient (Wildman–Crippen LogP) is 3.58. The van der Waals surface area contributed by atoms with Gasteiger partial charge in [0.25, 0.3) is 5.91 Å². The van der Waals surface area contributed by atoms with E-state index in [1.54, 1.807) is 17.1 Å². The van der Waals surface area contributed by atoms with Crippen molar-refractivity contribution < 1.29 is 14.3 Å². The normalized spacial score (nSPS) is 17.5. The molecule has 6 rings (SSSR count). The fraction of sp³-hybridized carbons (Fsp3) is 0.222. The number of aliphatic hydroxyl groups excluding tert-OH is 1. The highest BCUT2D eigenvalue weighted by molar-refractivity contribution is 6.33. The largest absolute Gasteiger partial charge is 0.389 e. The maximum absolute atomic E-state index is 14.1. The molecule has 10 nitrogen and oxygen atoms in total. The maximum atomic E-state index is 14.1. The van der Waals surface area contributed by atoms with Gasteiger partial charge < -0.3 is 20.3 Å². The summed E-state index contributed by atoms with van der Waals surface area (Å²) in [5.41, 5.74) is 3.91. The molecule has 4 aromatic heterocycles. The lowest BCUT2D eigenvalue weighted by Crippen LogP contribution is -2.54. The Balaban J connectivity index is 1.16. The van der Waals surface area contributed by atoms with Crippen LogP contribution in [0.1, 0.15) is 16.8 Å². The Morgan fingerprint density at radius 3 is 2.77 bits per heavy atom. The summed E-state index contributed by atoms with van der Waals surface area (Å²) in [4.78, 5) is 31.4. The number of nitrogens with zero attached hydrogens (tertiary/aromatic N) is 6. The maximum Gasteiger partial charge on any atom is 0.256 e. The van der Waals surface area contributed by atoms with Crippen molar-refractivity contribution in [1.29, 1.82) is 0 Å². The van der Waals surface area contributed by atoms with Crippen molar-refractivity contribution in [3.8, 4) is 22.5 Å². The monoisotopic (exact) mass is 546 g/mol. The summed E-state index contributed by atoms with van der Waals surface area (Å²) in [6, 6.07) is 9.34. The summed E-state index contributed by atoms with van der Waals surface area (Å²) in [5.74, 6) is -0.661. The number of H-pyrrole nitrogens is 1. The minimum absolute atomic E-state index is 0.0256. The van der Waals surface area contributed by atoms with Crippen LogP contribution in [0.15, 0.2) is 61.3 Å². The van der Waals surface area contributed by atoms with Crippen molar-refractivity contribution in [2.24, 2.45) is 7.05 Å². The zero-order valence-corrected chi connectivity index (χ0v) is 21.6. The lowest BCUT2D eigenvalue weighted by atomic mass is 10.0. The van der Waals surface area contributed by atoms with E-state index in [1.165, 1.54) is 24.5 Å². The van der Waals surface area contributed by atoms with Gasteiger partial charge in [-0.1, -0.05) is 17.7 Å². The number of halogens is 2. The highest BCUT2D eigenvalue weighted by Crippen LogP contribution is 2.30. The van der Waals surface area contributed by atoms with Crippen molar-refractivity contribution in [2.75, 3.05) is 18.0 Å². The molecule has 1 aliphatic rings. The number of pyridine rings is 1. The van der Waals surface area contributed by atoms with Crippen LogP contribution in [-0.4, -0.2) is 66.0 Å². The van der Waals surface area contributed by atoms with Gasteiger partial charge >= 0.3 is 0 Å². The first-order chi connectivity index (χ1) is 18.9. The molecule has 12 heteroatoms. The molecule has 1 fully saturated rings. The number of aromatic nitrogens is 6. The molecule has 1 aliphatic heterocycles. The van der Waals surface area contributed by atoms with E-state index in [2.05, 4.69) is 30.4 Å². The summed E-state index contributed by atoms with van der Waals surface area (Å²) >= 11 is 6.01. The van der Waals surface area contributed by atoms with Gasteiger partial charge in [-0.15, -0.1) is 0 Å². The van der Waals surface area contributed by atoms with Crippen LogP contribution < -0.4 is 10.2 Å². The molecule has 2 atom stereocenters. The molecular formula is C27H24ClFN8O2. The molecule has 0 unspecified atom stereocenters. The summed E-state index contributed by atoms with van der Waals surface area (Å²) in [7, 11) is 1.87. The van der Waals surface area contributed by atoms with E-state index >= 15 is 0 Å². The molecule has 0 radical (unpaired) electrons. The summed E-state index contributed by atoms with van der Waals surface area (Å²) in [6.07, 6.45) is 6.54. The number of aliphatic hydroxyl groups is 1. The third kappa shape index (κ3) is 4.82. The minimum Gasteiger partial charge on any atom is -0.389 e. The summed E-state index contributed by atoms with van der Waals surface area (Å²) in [6.45, 7) is 0.801. The Labute approximate surface area is 227 Å². The van der Waals surface area contributed by atoms with Crippen LogP contribution >= 0.6 is 11.6 Å². The van der Waals surface area contributed by atoms with Crippen LogP contribution in [0, 0.1) is 5.82 Å². The number of benzene rings is 1. The number of rotatable bonds is 5. The second-order valence-electron chi connectivity index (χ2n) is 9.45. The lowest BCUT2D eigenvalue weighted by molar-refractivity contribution is 0.0794. The number of carbonyl (C=O) groups excluding carboxylic acids is 1. The molecule has 1 saturated heterocycles. The molecule has 0 spiro atoms. The lowest BCUT2D eigenvalue weighted by Gasteiger charge is -2.37. The van der Waals surface area contributed by atoms with Crippen molar-refractivity contribution in [2.45, 2.75) is 18.6 Å². The predicted molar refractivity (Wildman–Crippen MR) is 145 cm³/mol. The standard InChI is InChI=1S/C27H24ClFN8O2/c1-36-12-16(11-33-36)21-9-17-25(31-14-32-26(17)34-21)15-5-6-23(30-10-15)37-8-7-20(22(38)13-37)35-27(39)24-18(28)3-2-4-19(24)29/h2-6,9-12,14,20,22,38H,7-8,13H2,1H3,(H,35,39)(H,31,32,34)/t20-,22+/m0/s1. The number of β-amino-alcohol motifs (C(OH)–C–C–N with tert-alkyl or cyclic N) is 1. The van der Waals surface area contributed by atoms with E-state index in [4.69, 9.17) is 11.6 Å². The Morgan fingerprint density at radius 1 is 1.18 bits per heavy atom. The molecule has 1 amide bonds. The van der Waals surface area contributed by atoms with Crippen molar-refractivity contribution in [3.63, 3.8) is 0 Å². The SMILES string of the molecule is Cn1cc(-c2cc3c(-c4ccc(N5CC[C@H](NC(=O)c6c(F)cccc6Cl)[C@H](O)C5)nc4)ncnc3[nH]2)cn1. The number of hydrogen-bond acceptors (Lipinski definition) is 7.